The van der Waals surface area contributed by atoms with E-state index in [4.69, 9.17) is 4.74 Å². The highest BCUT2D eigenvalue weighted by atomic mass is 16.5. The van der Waals surface area contributed by atoms with Gasteiger partial charge < -0.3 is 20.1 Å². The van der Waals surface area contributed by atoms with E-state index in [1.54, 1.807) is 4.90 Å². The van der Waals surface area contributed by atoms with Crippen molar-refractivity contribution in [1.82, 2.24) is 10.2 Å². The molecule has 2 saturated heterocycles. The van der Waals surface area contributed by atoms with E-state index >= 15 is 0 Å². The number of nitrogens with zero attached hydrogens (tertiary/aromatic N) is 1. The van der Waals surface area contributed by atoms with Crippen LogP contribution < -0.4 is 5.32 Å². The van der Waals surface area contributed by atoms with Crippen LogP contribution in [0.3, 0.4) is 0 Å². The minimum atomic E-state index is -0.822. The Balaban J connectivity index is 1.20. The van der Waals surface area contributed by atoms with Crippen LogP contribution in [-0.4, -0.2) is 52.7 Å². The number of carboxylic acids is 1. The van der Waals surface area contributed by atoms with Gasteiger partial charge in [-0.25, -0.2) is 4.79 Å². The zero-order chi connectivity index (χ0) is 24.5. The van der Waals surface area contributed by atoms with Crippen molar-refractivity contribution < 1.29 is 24.2 Å². The second kappa shape index (κ2) is 9.72. The molecule has 35 heavy (non-hydrogen) atoms. The molecule has 0 radical (unpaired) electrons. The van der Waals surface area contributed by atoms with E-state index in [-0.39, 0.29) is 43.0 Å². The van der Waals surface area contributed by atoms with Crippen molar-refractivity contribution in [2.24, 2.45) is 5.92 Å². The van der Waals surface area contributed by atoms with Crippen LogP contribution in [0.25, 0.3) is 11.1 Å². The summed E-state index contributed by atoms with van der Waals surface area (Å²) in [6.45, 7) is 2.24. The summed E-state index contributed by atoms with van der Waals surface area (Å²) in [6.07, 6.45) is 3.24. The zero-order valence-electron chi connectivity index (χ0n) is 20.0. The van der Waals surface area contributed by atoms with Gasteiger partial charge in [-0.15, -0.1) is 0 Å². The highest BCUT2D eigenvalue weighted by Gasteiger charge is 2.51. The molecule has 7 heteroatoms. The van der Waals surface area contributed by atoms with E-state index in [1.165, 1.54) is 11.1 Å². The number of carbonyl (C=O) groups excluding carboxylic acids is 2. The number of hydrogen-bond donors (Lipinski definition) is 2. The highest BCUT2D eigenvalue weighted by molar-refractivity contribution is 5.82. The quantitative estimate of drug-likeness (QED) is 0.583. The van der Waals surface area contributed by atoms with Gasteiger partial charge in [0.1, 0.15) is 6.61 Å². The molecule has 5 rings (SSSR count). The van der Waals surface area contributed by atoms with Gasteiger partial charge in [0.25, 0.3) is 0 Å². The molecule has 2 aliphatic heterocycles. The minimum Gasteiger partial charge on any atom is -0.481 e. The summed E-state index contributed by atoms with van der Waals surface area (Å²) in [7, 11) is 0. The first-order chi connectivity index (χ1) is 17.0. The molecular formula is C28H32N2O5. The van der Waals surface area contributed by atoms with Crippen LogP contribution in [0.2, 0.25) is 0 Å². The molecule has 7 nitrogen and oxygen atoms in total. The summed E-state index contributed by atoms with van der Waals surface area (Å²) in [5, 5.41) is 12.4. The molecule has 0 aromatic heterocycles. The van der Waals surface area contributed by atoms with Gasteiger partial charge in [-0.3, -0.25) is 9.59 Å². The van der Waals surface area contributed by atoms with E-state index in [0.29, 0.717) is 12.8 Å². The molecule has 184 valence electrons. The van der Waals surface area contributed by atoms with E-state index in [0.717, 1.165) is 30.4 Å². The number of rotatable bonds is 8. The van der Waals surface area contributed by atoms with Crippen LogP contribution in [-0.2, 0) is 14.3 Å². The lowest BCUT2D eigenvalue weighted by atomic mass is 9.89. The molecule has 0 spiro atoms. The Hall–Kier alpha value is -3.35. The minimum absolute atomic E-state index is 0.00494. The molecule has 3 unspecified atom stereocenters. The third kappa shape index (κ3) is 4.40. The molecule has 3 aliphatic rings. The Bertz CT molecular complexity index is 1090. The monoisotopic (exact) mass is 476 g/mol. The zero-order valence-corrected chi connectivity index (χ0v) is 20.0. The lowest BCUT2D eigenvalue weighted by Gasteiger charge is -2.26. The number of carboxylic acid groups (broad SMARTS) is 1. The first-order valence-corrected chi connectivity index (χ1v) is 12.6. The maximum atomic E-state index is 13.1. The van der Waals surface area contributed by atoms with Gasteiger partial charge in [-0.05, 0) is 47.9 Å². The average molecular weight is 477 g/mol. The Kier molecular flexibility index (Phi) is 6.50. The predicted molar refractivity (Wildman–Crippen MR) is 131 cm³/mol. The number of benzene rings is 2. The third-order valence-corrected chi connectivity index (χ3v) is 7.87. The predicted octanol–water partition coefficient (Wildman–Crippen LogP) is 4.55. The summed E-state index contributed by atoms with van der Waals surface area (Å²) < 4.78 is 5.67. The van der Waals surface area contributed by atoms with Crippen molar-refractivity contribution >= 4 is 18.0 Å². The van der Waals surface area contributed by atoms with Gasteiger partial charge in [0.2, 0.25) is 5.91 Å². The first-order valence-electron chi connectivity index (χ1n) is 12.6. The molecule has 2 N–H and O–H groups in total. The Labute approximate surface area is 205 Å². The van der Waals surface area contributed by atoms with Crippen molar-refractivity contribution in [2.75, 3.05) is 6.61 Å². The van der Waals surface area contributed by atoms with E-state index in [1.807, 2.05) is 31.2 Å². The Morgan fingerprint density at radius 2 is 1.71 bits per heavy atom. The number of carbonyl (C=O) groups is 3. The van der Waals surface area contributed by atoms with Crippen LogP contribution in [0.4, 0.5) is 4.79 Å². The van der Waals surface area contributed by atoms with Crippen molar-refractivity contribution in [3.05, 3.63) is 59.7 Å². The standard InChI is InChI=1S/C28H32N2O5/c1-2-7-17(14-26(31)30-18-12-13-25(30)23(15-18)27(32)33)29-28(34)35-16-24-21-10-5-3-8-19(21)20-9-4-6-11-22(20)24/h3-6,8-11,17-18,23-25H,2,7,12-16H2,1H3,(H,29,34)(H,32,33)/t17-,18?,23?,25?/m1/s1. The smallest absolute Gasteiger partial charge is 0.407 e. The molecule has 1 aliphatic carbocycles. The molecule has 2 bridgehead atoms. The lowest BCUT2D eigenvalue weighted by Crippen LogP contribution is -2.43. The average Bonchev–Trinajstić information content (AvgIpc) is 3.53. The van der Waals surface area contributed by atoms with Gasteiger partial charge in [0.05, 0.1) is 5.92 Å². The molecule has 4 atom stereocenters. The van der Waals surface area contributed by atoms with Crippen molar-refractivity contribution in [1.29, 1.82) is 0 Å². The summed E-state index contributed by atoms with van der Waals surface area (Å²) >= 11 is 0. The van der Waals surface area contributed by atoms with Crippen LogP contribution >= 0.6 is 0 Å². The van der Waals surface area contributed by atoms with Crippen LogP contribution in [0, 0.1) is 5.92 Å². The first kappa shape index (κ1) is 23.4. The summed E-state index contributed by atoms with van der Waals surface area (Å²) in [5.74, 6) is -1.39. The summed E-state index contributed by atoms with van der Waals surface area (Å²) in [6, 6.07) is 15.8. The highest BCUT2D eigenvalue weighted by Crippen LogP contribution is 2.45. The second-order valence-corrected chi connectivity index (χ2v) is 9.94. The van der Waals surface area contributed by atoms with Gasteiger partial charge in [-0.1, -0.05) is 61.9 Å². The van der Waals surface area contributed by atoms with Gasteiger partial charge in [0.15, 0.2) is 0 Å². The largest absolute Gasteiger partial charge is 0.481 e. The number of ether oxygens (including phenoxy) is 1. The molecule has 2 aromatic carbocycles. The van der Waals surface area contributed by atoms with Crippen molar-refractivity contribution in [3.8, 4) is 11.1 Å². The fraction of sp³-hybridized carbons (Fsp3) is 0.464. The number of alkyl carbamates (subject to hydrolysis) is 1. The van der Waals surface area contributed by atoms with Gasteiger partial charge in [0, 0.05) is 30.5 Å². The third-order valence-electron chi connectivity index (χ3n) is 7.87. The fourth-order valence-electron chi connectivity index (χ4n) is 6.34. The van der Waals surface area contributed by atoms with Crippen molar-refractivity contribution in [2.45, 2.75) is 69.5 Å². The number of hydrogen-bond acceptors (Lipinski definition) is 4. The lowest BCUT2D eigenvalue weighted by molar-refractivity contribution is -0.143. The molecule has 2 amide bonds. The van der Waals surface area contributed by atoms with E-state index < -0.39 is 18.0 Å². The van der Waals surface area contributed by atoms with Crippen LogP contribution in [0.15, 0.2) is 48.5 Å². The molecular weight excluding hydrogens is 444 g/mol. The SMILES string of the molecule is CCC[C@H](CC(=O)N1C2CCC1C(C(=O)O)C2)NC(=O)OCC1c2ccccc2-c2ccccc21. The maximum Gasteiger partial charge on any atom is 0.407 e. The molecule has 2 heterocycles. The van der Waals surface area contributed by atoms with Crippen molar-refractivity contribution in [3.63, 3.8) is 0 Å². The Morgan fingerprint density at radius 1 is 1.06 bits per heavy atom. The molecule has 2 fully saturated rings. The summed E-state index contributed by atoms with van der Waals surface area (Å²) in [5.41, 5.74) is 4.65. The van der Waals surface area contributed by atoms with Crippen LogP contribution in [0.5, 0.6) is 0 Å². The van der Waals surface area contributed by atoms with Crippen LogP contribution in [0.1, 0.15) is 62.5 Å². The van der Waals surface area contributed by atoms with Gasteiger partial charge in [-0.2, -0.15) is 0 Å². The second-order valence-electron chi connectivity index (χ2n) is 9.94. The number of nitrogens with one attached hydrogen (secondary N) is 1. The normalized spacial score (nSPS) is 23.0. The van der Waals surface area contributed by atoms with E-state index in [9.17, 15) is 19.5 Å². The number of fused-ring (bicyclic) bond motifs is 5. The topological polar surface area (TPSA) is 95.9 Å². The summed E-state index contributed by atoms with van der Waals surface area (Å²) in [4.78, 5) is 39.2. The van der Waals surface area contributed by atoms with E-state index in [2.05, 4.69) is 29.6 Å². The molecule has 0 saturated carbocycles. The number of amides is 2. The number of aliphatic carboxylic acids is 1. The maximum absolute atomic E-state index is 13.1. The molecule has 2 aromatic rings. The Morgan fingerprint density at radius 3 is 2.31 bits per heavy atom. The van der Waals surface area contributed by atoms with Gasteiger partial charge >= 0.3 is 12.1 Å². The fourth-order valence-corrected chi connectivity index (χ4v) is 6.34.